The van der Waals surface area contributed by atoms with E-state index in [1.54, 1.807) is 25.7 Å². The molecule has 2 aromatic heterocycles. The van der Waals surface area contributed by atoms with Crippen LogP contribution in [0.1, 0.15) is 37.2 Å². The summed E-state index contributed by atoms with van der Waals surface area (Å²) < 4.78 is 7.34. The molecular weight excluding hydrogens is 254 g/mol. The molecule has 1 atom stereocenters. The van der Waals surface area contributed by atoms with E-state index in [4.69, 9.17) is 10.6 Å². The first-order valence-electron chi connectivity index (χ1n) is 6.63. The van der Waals surface area contributed by atoms with Crippen LogP contribution < -0.4 is 16.0 Å². The van der Waals surface area contributed by atoms with Gasteiger partial charge in [0.2, 0.25) is 0 Å². The van der Waals surface area contributed by atoms with E-state index < -0.39 is 0 Å². The topological polar surface area (TPSA) is 78.0 Å². The first kappa shape index (κ1) is 14.5. The monoisotopic (exact) mass is 275 g/mol. The summed E-state index contributed by atoms with van der Waals surface area (Å²) in [6.45, 7) is 4.16. The van der Waals surface area contributed by atoms with Crippen LogP contribution in [0.4, 0.5) is 0 Å². The maximum Gasteiger partial charge on any atom is 0.161 e. The molecule has 0 bridgehead atoms. The van der Waals surface area contributed by atoms with Crippen LogP contribution in [0.25, 0.3) is 0 Å². The summed E-state index contributed by atoms with van der Waals surface area (Å²) in [5.74, 6) is 6.49. The van der Waals surface area contributed by atoms with Gasteiger partial charge in [-0.1, -0.05) is 0 Å². The molecule has 6 nitrogen and oxygen atoms in total. The summed E-state index contributed by atoms with van der Waals surface area (Å²) in [4.78, 5) is 4.03. The first-order chi connectivity index (χ1) is 9.67. The van der Waals surface area contributed by atoms with Crippen molar-refractivity contribution in [2.24, 2.45) is 5.84 Å². The van der Waals surface area contributed by atoms with Crippen LogP contribution in [0.3, 0.4) is 0 Å². The minimum atomic E-state index is -0.0720. The minimum Gasteiger partial charge on any atom is -0.493 e. The molecule has 20 heavy (non-hydrogen) atoms. The van der Waals surface area contributed by atoms with Gasteiger partial charge in [-0.05, 0) is 38.0 Å². The van der Waals surface area contributed by atoms with Crippen LogP contribution in [0, 0.1) is 0 Å². The molecule has 2 heterocycles. The summed E-state index contributed by atoms with van der Waals surface area (Å²) in [5.41, 5.74) is 4.98. The van der Waals surface area contributed by atoms with Gasteiger partial charge in [-0.15, -0.1) is 0 Å². The number of hydrogen-bond acceptors (Lipinski definition) is 5. The van der Waals surface area contributed by atoms with Crippen LogP contribution in [-0.4, -0.2) is 21.9 Å². The average Bonchev–Trinajstić information content (AvgIpc) is 2.89. The van der Waals surface area contributed by atoms with Crippen LogP contribution >= 0.6 is 0 Å². The van der Waals surface area contributed by atoms with Crippen molar-refractivity contribution >= 4 is 0 Å². The van der Waals surface area contributed by atoms with E-state index in [0.717, 1.165) is 23.4 Å². The molecule has 0 fully saturated rings. The average molecular weight is 275 g/mol. The number of ether oxygens (including phenoxy) is 1. The van der Waals surface area contributed by atoms with Crippen molar-refractivity contribution in [1.29, 1.82) is 0 Å². The molecule has 1 unspecified atom stereocenters. The Morgan fingerprint density at radius 3 is 2.60 bits per heavy atom. The fraction of sp³-hybridized carbons (Fsp3) is 0.429. The van der Waals surface area contributed by atoms with Crippen molar-refractivity contribution in [2.75, 3.05) is 7.11 Å². The standard InChI is InChI=1S/C14H21N5O/c1-10(2)19-14(13(20-3)9-17-19)12(18-15)8-11-4-6-16-7-5-11/h4-7,9-10,12,18H,8,15H2,1-3H3. The molecule has 2 aromatic rings. The van der Waals surface area contributed by atoms with Crippen LogP contribution in [-0.2, 0) is 6.42 Å². The second kappa shape index (κ2) is 6.49. The Kier molecular flexibility index (Phi) is 4.70. The summed E-state index contributed by atoms with van der Waals surface area (Å²) in [6, 6.07) is 4.12. The normalized spacial score (nSPS) is 12.7. The summed E-state index contributed by atoms with van der Waals surface area (Å²) in [6.07, 6.45) is 6.03. The summed E-state index contributed by atoms with van der Waals surface area (Å²) in [5, 5.41) is 4.38. The number of nitrogens with one attached hydrogen (secondary N) is 1. The number of aromatic nitrogens is 3. The number of hydrogen-bond donors (Lipinski definition) is 2. The lowest BCUT2D eigenvalue weighted by atomic mass is 10.0. The maximum atomic E-state index is 5.74. The SMILES string of the molecule is COc1cnn(C(C)C)c1C(Cc1ccncc1)NN. The predicted octanol–water partition coefficient (Wildman–Crippen LogP) is 1.61. The molecule has 3 N–H and O–H groups in total. The molecular formula is C14H21N5O. The lowest BCUT2D eigenvalue weighted by Crippen LogP contribution is -2.32. The van der Waals surface area contributed by atoms with Gasteiger partial charge in [0.1, 0.15) is 0 Å². The zero-order valence-corrected chi connectivity index (χ0v) is 12.1. The first-order valence-corrected chi connectivity index (χ1v) is 6.63. The van der Waals surface area contributed by atoms with Gasteiger partial charge in [0.05, 0.1) is 25.0 Å². The van der Waals surface area contributed by atoms with Gasteiger partial charge >= 0.3 is 0 Å². The highest BCUT2D eigenvalue weighted by Gasteiger charge is 2.22. The number of nitrogens with zero attached hydrogens (tertiary/aromatic N) is 3. The Morgan fingerprint density at radius 2 is 2.05 bits per heavy atom. The molecule has 0 aliphatic carbocycles. The highest BCUT2D eigenvalue weighted by molar-refractivity contribution is 5.30. The number of methoxy groups -OCH3 is 1. The third kappa shape index (κ3) is 2.97. The molecule has 2 rings (SSSR count). The van der Waals surface area contributed by atoms with Crippen LogP contribution in [0.5, 0.6) is 5.75 Å². The van der Waals surface area contributed by atoms with E-state index in [9.17, 15) is 0 Å². The Hall–Kier alpha value is -1.92. The molecule has 0 saturated heterocycles. The fourth-order valence-electron chi connectivity index (χ4n) is 2.25. The van der Waals surface area contributed by atoms with Crippen molar-refractivity contribution in [3.8, 4) is 5.75 Å². The van der Waals surface area contributed by atoms with E-state index in [2.05, 4.69) is 29.4 Å². The molecule has 0 aliphatic rings. The summed E-state index contributed by atoms with van der Waals surface area (Å²) >= 11 is 0. The molecule has 0 saturated carbocycles. The number of nitrogens with two attached hydrogens (primary N) is 1. The van der Waals surface area contributed by atoms with E-state index >= 15 is 0 Å². The van der Waals surface area contributed by atoms with Crippen LogP contribution in [0.15, 0.2) is 30.7 Å². The van der Waals surface area contributed by atoms with Crippen LogP contribution in [0.2, 0.25) is 0 Å². The van der Waals surface area contributed by atoms with E-state index in [1.807, 2.05) is 16.8 Å². The number of rotatable bonds is 6. The van der Waals surface area contributed by atoms with Gasteiger partial charge in [-0.3, -0.25) is 20.9 Å². The second-order valence-electron chi connectivity index (χ2n) is 4.92. The van der Waals surface area contributed by atoms with Crippen molar-refractivity contribution in [3.05, 3.63) is 42.0 Å². The van der Waals surface area contributed by atoms with Gasteiger partial charge in [-0.25, -0.2) is 0 Å². The van der Waals surface area contributed by atoms with Gasteiger partial charge in [0, 0.05) is 18.4 Å². The second-order valence-corrected chi connectivity index (χ2v) is 4.92. The molecule has 108 valence electrons. The van der Waals surface area contributed by atoms with Gasteiger partial charge in [0.15, 0.2) is 5.75 Å². The van der Waals surface area contributed by atoms with Crippen molar-refractivity contribution in [3.63, 3.8) is 0 Å². The van der Waals surface area contributed by atoms with Crippen molar-refractivity contribution in [2.45, 2.75) is 32.4 Å². The molecule has 0 spiro atoms. The third-order valence-corrected chi connectivity index (χ3v) is 3.23. The quantitative estimate of drug-likeness (QED) is 0.618. The number of pyridine rings is 1. The lowest BCUT2D eigenvalue weighted by molar-refractivity contribution is 0.384. The zero-order valence-electron chi connectivity index (χ0n) is 12.1. The molecule has 0 radical (unpaired) electrons. The Bertz CT molecular complexity index is 538. The van der Waals surface area contributed by atoms with E-state index in [-0.39, 0.29) is 12.1 Å². The maximum absolute atomic E-state index is 5.74. The predicted molar refractivity (Wildman–Crippen MR) is 77.2 cm³/mol. The smallest absolute Gasteiger partial charge is 0.161 e. The van der Waals surface area contributed by atoms with E-state index in [0.29, 0.717) is 0 Å². The molecule has 0 amide bonds. The fourth-order valence-corrected chi connectivity index (χ4v) is 2.25. The largest absolute Gasteiger partial charge is 0.493 e. The third-order valence-electron chi connectivity index (χ3n) is 3.23. The number of hydrazine groups is 1. The van der Waals surface area contributed by atoms with Crippen molar-refractivity contribution < 1.29 is 4.74 Å². The Balaban J connectivity index is 2.33. The molecule has 0 aromatic carbocycles. The lowest BCUT2D eigenvalue weighted by Gasteiger charge is -2.20. The van der Waals surface area contributed by atoms with Gasteiger partial charge in [-0.2, -0.15) is 5.10 Å². The zero-order chi connectivity index (χ0) is 14.5. The van der Waals surface area contributed by atoms with Gasteiger partial charge in [0.25, 0.3) is 0 Å². The summed E-state index contributed by atoms with van der Waals surface area (Å²) in [7, 11) is 1.64. The highest BCUT2D eigenvalue weighted by atomic mass is 16.5. The van der Waals surface area contributed by atoms with Crippen molar-refractivity contribution in [1.82, 2.24) is 20.2 Å². The van der Waals surface area contributed by atoms with E-state index in [1.165, 1.54) is 0 Å². The highest BCUT2D eigenvalue weighted by Crippen LogP contribution is 2.29. The Labute approximate surface area is 118 Å². The van der Waals surface area contributed by atoms with Gasteiger partial charge < -0.3 is 4.74 Å². The molecule has 6 heteroatoms. The Morgan fingerprint density at radius 1 is 1.35 bits per heavy atom. The molecule has 0 aliphatic heterocycles. The minimum absolute atomic E-state index is 0.0720.